The van der Waals surface area contributed by atoms with Crippen LogP contribution in [-0.2, 0) is 5.75 Å². The van der Waals surface area contributed by atoms with Gasteiger partial charge in [0.25, 0.3) is 5.89 Å². The number of nitrogens with zero attached hydrogens (tertiary/aromatic N) is 3. The average molecular weight is 407 g/mol. The molecule has 5 nitrogen and oxygen atoms in total. The van der Waals surface area contributed by atoms with Gasteiger partial charge in [-0.2, -0.15) is 0 Å². The minimum absolute atomic E-state index is 0.552. The molecule has 3 heterocycles. The molecule has 1 N–H and O–H groups in total. The highest BCUT2D eigenvalue weighted by molar-refractivity contribution is 9.11. The lowest BCUT2D eigenvalue weighted by Crippen LogP contribution is -1.81. The predicted molar refractivity (Wildman–Crippen MR) is 95.7 cm³/mol. The van der Waals surface area contributed by atoms with E-state index >= 15 is 0 Å². The molecule has 3 aromatic heterocycles. The van der Waals surface area contributed by atoms with E-state index in [1.807, 2.05) is 18.2 Å². The molecular formula is C15H11BrN4OS2. The van der Waals surface area contributed by atoms with Crippen molar-refractivity contribution in [3.05, 3.63) is 45.6 Å². The van der Waals surface area contributed by atoms with Gasteiger partial charge in [0.2, 0.25) is 5.89 Å². The highest BCUT2D eigenvalue weighted by Gasteiger charge is 2.12. The minimum atomic E-state index is 0.552. The Morgan fingerprint density at radius 2 is 2.17 bits per heavy atom. The molecule has 0 saturated carbocycles. The van der Waals surface area contributed by atoms with Gasteiger partial charge in [-0.05, 0) is 52.7 Å². The standard InChI is InChI=1S/C15H11BrN4OS2/c1-8-2-3-9-10(6-8)18-15(17-9)22-7-13-19-20-14(21-13)11-4-5-12(16)23-11/h2-6H,7H2,1H3,(H,17,18). The Morgan fingerprint density at radius 3 is 3.00 bits per heavy atom. The first kappa shape index (κ1) is 14.9. The van der Waals surface area contributed by atoms with E-state index < -0.39 is 0 Å². The Balaban J connectivity index is 1.49. The summed E-state index contributed by atoms with van der Waals surface area (Å²) in [6.07, 6.45) is 0. The minimum Gasteiger partial charge on any atom is -0.419 e. The van der Waals surface area contributed by atoms with Crippen molar-refractivity contribution in [3.63, 3.8) is 0 Å². The molecule has 0 aliphatic carbocycles. The first-order valence-corrected chi connectivity index (χ1v) is 9.44. The molecule has 0 aliphatic heterocycles. The number of aryl methyl sites for hydroxylation is 1. The molecule has 4 aromatic rings. The second kappa shape index (κ2) is 6.10. The molecule has 0 radical (unpaired) electrons. The number of hydrogen-bond donors (Lipinski definition) is 1. The summed E-state index contributed by atoms with van der Waals surface area (Å²) < 4.78 is 6.74. The summed E-state index contributed by atoms with van der Waals surface area (Å²) in [7, 11) is 0. The van der Waals surface area contributed by atoms with Crippen LogP contribution < -0.4 is 0 Å². The zero-order valence-corrected chi connectivity index (χ0v) is 15.3. The summed E-state index contributed by atoms with van der Waals surface area (Å²) in [4.78, 5) is 8.82. The lowest BCUT2D eigenvalue weighted by molar-refractivity contribution is 0.529. The maximum absolute atomic E-state index is 5.70. The fraction of sp³-hybridized carbons (Fsp3) is 0.133. The number of H-pyrrole nitrogens is 1. The van der Waals surface area contributed by atoms with Gasteiger partial charge in [-0.25, -0.2) is 4.98 Å². The molecule has 0 atom stereocenters. The van der Waals surface area contributed by atoms with Gasteiger partial charge in [0, 0.05) is 0 Å². The molecule has 0 spiro atoms. The highest BCUT2D eigenvalue weighted by atomic mass is 79.9. The van der Waals surface area contributed by atoms with Crippen LogP contribution in [0.15, 0.2) is 43.7 Å². The van der Waals surface area contributed by atoms with Gasteiger partial charge in [0.1, 0.15) is 0 Å². The normalized spacial score (nSPS) is 11.4. The number of nitrogens with one attached hydrogen (secondary N) is 1. The topological polar surface area (TPSA) is 67.6 Å². The number of thioether (sulfide) groups is 1. The first-order valence-electron chi connectivity index (χ1n) is 6.84. The molecule has 4 rings (SSSR count). The van der Waals surface area contributed by atoms with Crippen LogP contribution in [0.4, 0.5) is 0 Å². The molecular weight excluding hydrogens is 396 g/mol. The van der Waals surface area contributed by atoms with E-state index in [2.05, 4.69) is 55.2 Å². The predicted octanol–water partition coefficient (Wildman–Crippen LogP) is 5.04. The van der Waals surface area contributed by atoms with Crippen molar-refractivity contribution >= 4 is 50.1 Å². The summed E-state index contributed by atoms with van der Waals surface area (Å²) in [5.41, 5.74) is 3.22. The summed E-state index contributed by atoms with van der Waals surface area (Å²) in [5, 5.41) is 9.04. The maximum atomic E-state index is 5.70. The van der Waals surface area contributed by atoms with E-state index in [1.54, 1.807) is 23.1 Å². The monoisotopic (exact) mass is 406 g/mol. The molecule has 0 amide bonds. The lowest BCUT2D eigenvalue weighted by atomic mass is 10.2. The van der Waals surface area contributed by atoms with Gasteiger partial charge >= 0.3 is 0 Å². The molecule has 0 unspecified atom stereocenters. The van der Waals surface area contributed by atoms with Crippen LogP contribution in [0.2, 0.25) is 0 Å². The Kier molecular flexibility index (Phi) is 3.96. The van der Waals surface area contributed by atoms with Crippen LogP contribution in [-0.4, -0.2) is 20.2 Å². The average Bonchev–Trinajstić information content (AvgIpc) is 3.23. The van der Waals surface area contributed by atoms with Crippen LogP contribution in [0.5, 0.6) is 0 Å². The number of fused-ring (bicyclic) bond motifs is 1. The van der Waals surface area contributed by atoms with Crippen LogP contribution in [0.25, 0.3) is 21.8 Å². The van der Waals surface area contributed by atoms with Crippen molar-refractivity contribution in [1.29, 1.82) is 0 Å². The fourth-order valence-corrected chi connectivity index (χ4v) is 4.17. The van der Waals surface area contributed by atoms with Crippen molar-refractivity contribution in [2.45, 2.75) is 17.8 Å². The number of halogens is 1. The lowest BCUT2D eigenvalue weighted by Gasteiger charge is -1.92. The molecule has 0 bridgehead atoms. The first-order chi connectivity index (χ1) is 11.2. The van der Waals surface area contributed by atoms with Gasteiger partial charge < -0.3 is 9.40 Å². The Hall–Kier alpha value is -1.64. The number of aromatic amines is 1. The molecule has 0 saturated heterocycles. The van der Waals surface area contributed by atoms with Gasteiger partial charge in [-0.1, -0.05) is 17.8 Å². The zero-order valence-electron chi connectivity index (χ0n) is 12.0. The number of thiophene rings is 1. The number of aromatic nitrogens is 4. The largest absolute Gasteiger partial charge is 0.419 e. The van der Waals surface area contributed by atoms with Crippen molar-refractivity contribution in [2.75, 3.05) is 0 Å². The van der Waals surface area contributed by atoms with Gasteiger partial charge in [0.15, 0.2) is 5.16 Å². The number of rotatable bonds is 4. The zero-order chi connectivity index (χ0) is 15.8. The Morgan fingerprint density at radius 1 is 1.26 bits per heavy atom. The van der Waals surface area contributed by atoms with Crippen LogP contribution in [0.1, 0.15) is 11.5 Å². The van der Waals surface area contributed by atoms with Crippen molar-refractivity contribution in [2.24, 2.45) is 0 Å². The van der Waals surface area contributed by atoms with Crippen molar-refractivity contribution in [3.8, 4) is 10.8 Å². The molecule has 8 heteroatoms. The third kappa shape index (κ3) is 3.19. The van der Waals surface area contributed by atoms with Gasteiger partial charge in [0.05, 0.1) is 25.4 Å². The summed E-state index contributed by atoms with van der Waals surface area (Å²) in [6.45, 7) is 2.07. The van der Waals surface area contributed by atoms with Crippen LogP contribution >= 0.6 is 39.0 Å². The smallest absolute Gasteiger partial charge is 0.257 e. The number of imidazole rings is 1. The summed E-state index contributed by atoms with van der Waals surface area (Å²) in [6, 6.07) is 10.1. The molecule has 1 aromatic carbocycles. The highest BCUT2D eigenvalue weighted by Crippen LogP contribution is 2.31. The maximum Gasteiger partial charge on any atom is 0.257 e. The van der Waals surface area contributed by atoms with Gasteiger partial charge in [-0.3, -0.25) is 0 Å². The van der Waals surface area contributed by atoms with E-state index in [0.29, 0.717) is 17.5 Å². The second-order valence-electron chi connectivity index (χ2n) is 4.96. The van der Waals surface area contributed by atoms with E-state index in [-0.39, 0.29) is 0 Å². The molecule has 0 fully saturated rings. The van der Waals surface area contributed by atoms with Crippen LogP contribution in [0.3, 0.4) is 0 Å². The van der Waals surface area contributed by atoms with E-state index in [4.69, 9.17) is 4.42 Å². The molecule has 0 aliphatic rings. The van der Waals surface area contributed by atoms with E-state index in [1.165, 1.54) is 5.56 Å². The molecule has 23 heavy (non-hydrogen) atoms. The second-order valence-corrected chi connectivity index (χ2v) is 8.38. The Labute approximate surface area is 148 Å². The fourth-order valence-electron chi connectivity index (χ4n) is 2.14. The molecule has 116 valence electrons. The van der Waals surface area contributed by atoms with Crippen LogP contribution in [0, 0.1) is 6.92 Å². The Bertz CT molecular complexity index is 975. The number of benzene rings is 1. The number of hydrogen-bond acceptors (Lipinski definition) is 6. The third-order valence-electron chi connectivity index (χ3n) is 3.20. The van der Waals surface area contributed by atoms with E-state index in [0.717, 1.165) is 24.9 Å². The van der Waals surface area contributed by atoms with Crippen molar-refractivity contribution < 1.29 is 4.42 Å². The van der Waals surface area contributed by atoms with E-state index in [9.17, 15) is 0 Å². The SMILES string of the molecule is Cc1ccc2nc(SCc3nnc(-c4ccc(Br)s4)o3)[nH]c2c1. The summed E-state index contributed by atoms with van der Waals surface area (Å²) >= 11 is 6.55. The summed E-state index contributed by atoms with van der Waals surface area (Å²) in [5.74, 6) is 1.72. The quantitative estimate of drug-likeness (QED) is 0.480. The van der Waals surface area contributed by atoms with Crippen molar-refractivity contribution in [1.82, 2.24) is 20.2 Å². The third-order valence-corrected chi connectivity index (χ3v) is 5.67. The van der Waals surface area contributed by atoms with Gasteiger partial charge in [-0.15, -0.1) is 21.5 Å².